The van der Waals surface area contributed by atoms with E-state index in [1.807, 2.05) is 20.8 Å². The highest BCUT2D eigenvalue weighted by Crippen LogP contribution is 2.23. The molecule has 0 bridgehead atoms. The average Bonchev–Trinajstić information content (AvgIpc) is 2.27. The molecule has 0 spiro atoms. The van der Waals surface area contributed by atoms with Gasteiger partial charge in [0.25, 0.3) is 0 Å². The van der Waals surface area contributed by atoms with E-state index in [-0.39, 0.29) is 17.1 Å². The lowest BCUT2D eigenvalue weighted by Crippen LogP contribution is -2.29. The average molecular weight is 303 g/mol. The molecule has 1 rings (SSSR count). The molecule has 0 aliphatic rings. The Morgan fingerprint density at radius 2 is 1.67 bits per heavy atom. The van der Waals surface area contributed by atoms with Crippen LogP contribution in [0, 0.1) is 5.41 Å². The number of rotatable bonds is 4. The van der Waals surface area contributed by atoms with Crippen LogP contribution in [0.25, 0.3) is 0 Å². The van der Waals surface area contributed by atoms with Gasteiger partial charge >= 0.3 is 6.36 Å². The first-order chi connectivity index (χ1) is 9.46. The van der Waals surface area contributed by atoms with Crippen LogP contribution >= 0.6 is 0 Å². The first kappa shape index (κ1) is 17.3. The summed E-state index contributed by atoms with van der Waals surface area (Å²) in [6, 6.07) is 5.51. The summed E-state index contributed by atoms with van der Waals surface area (Å²) < 4.78 is 39.9. The molecule has 1 amide bonds. The first-order valence-electron chi connectivity index (χ1n) is 6.55. The molecule has 0 aliphatic carbocycles. The number of alkyl halides is 3. The molecule has 1 aromatic carbocycles. The monoisotopic (exact) mass is 303 g/mol. The Bertz CT molecular complexity index is 475. The SMILES string of the molecule is CN(Cc1ccc(OC(F)(F)F)cc1)C(=O)CC(C)(C)C. The summed E-state index contributed by atoms with van der Waals surface area (Å²) in [6.45, 7) is 6.27. The Labute approximate surface area is 122 Å². The smallest absolute Gasteiger partial charge is 0.406 e. The van der Waals surface area contributed by atoms with E-state index < -0.39 is 6.36 Å². The minimum atomic E-state index is -4.69. The number of carbonyl (C=O) groups is 1. The fraction of sp³-hybridized carbons (Fsp3) is 0.533. The summed E-state index contributed by atoms with van der Waals surface area (Å²) in [5, 5.41) is 0. The molecular weight excluding hydrogens is 283 g/mol. The molecule has 0 aliphatic heterocycles. The zero-order valence-electron chi connectivity index (χ0n) is 12.6. The largest absolute Gasteiger partial charge is 0.573 e. The van der Waals surface area contributed by atoms with Gasteiger partial charge in [-0.1, -0.05) is 32.9 Å². The Kier molecular flexibility index (Phi) is 5.25. The van der Waals surface area contributed by atoms with E-state index in [0.29, 0.717) is 13.0 Å². The summed E-state index contributed by atoms with van der Waals surface area (Å²) in [6.07, 6.45) is -4.28. The summed E-state index contributed by atoms with van der Waals surface area (Å²) in [4.78, 5) is 13.5. The highest BCUT2D eigenvalue weighted by molar-refractivity contribution is 5.76. The summed E-state index contributed by atoms with van der Waals surface area (Å²) in [5.74, 6) is -0.270. The number of benzene rings is 1. The molecule has 3 nitrogen and oxygen atoms in total. The standard InChI is InChI=1S/C15H20F3NO2/c1-14(2,3)9-13(20)19(4)10-11-5-7-12(8-6-11)21-15(16,17)18/h5-8H,9-10H2,1-4H3. The van der Waals surface area contributed by atoms with Crippen molar-refractivity contribution in [1.29, 1.82) is 0 Å². The predicted molar refractivity (Wildman–Crippen MR) is 73.7 cm³/mol. The summed E-state index contributed by atoms with van der Waals surface area (Å²) in [5.41, 5.74) is 0.643. The van der Waals surface area contributed by atoms with Gasteiger partial charge in [0.05, 0.1) is 0 Å². The van der Waals surface area contributed by atoms with E-state index in [9.17, 15) is 18.0 Å². The zero-order valence-corrected chi connectivity index (χ0v) is 12.6. The maximum Gasteiger partial charge on any atom is 0.573 e. The molecular formula is C15H20F3NO2. The Morgan fingerprint density at radius 3 is 2.10 bits per heavy atom. The minimum Gasteiger partial charge on any atom is -0.406 e. The van der Waals surface area contributed by atoms with Gasteiger partial charge in [0.2, 0.25) is 5.91 Å². The fourth-order valence-corrected chi connectivity index (χ4v) is 1.75. The van der Waals surface area contributed by atoms with Gasteiger partial charge in [-0.2, -0.15) is 0 Å². The van der Waals surface area contributed by atoms with Crippen molar-refractivity contribution < 1.29 is 22.7 Å². The van der Waals surface area contributed by atoms with E-state index >= 15 is 0 Å². The number of halogens is 3. The van der Waals surface area contributed by atoms with Crippen molar-refractivity contribution in [2.75, 3.05) is 7.05 Å². The predicted octanol–water partition coefficient (Wildman–Crippen LogP) is 3.98. The number of carbonyl (C=O) groups excluding carboxylic acids is 1. The maximum atomic E-state index is 12.0. The van der Waals surface area contributed by atoms with Gasteiger partial charge in [0.1, 0.15) is 5.75 Å². The van der Waals surface area contributed by atoms with E-state index in [2.05, 4.69) is 4.74 Å². The van der Waals surface area contributed by atoms with Gasteiger partial charge < -0.3 is 9.64 Å². The van der Waals surface area contributed by atoms with Crippen LogP contribution in [0.1, 0.15) is 32.8 Å². The molecule has 0 N–H and O–H groups in total. The molecule has 0 saturated heterocycles. The zero-order chi connectivity index (χ0) is 16.3. The highest BCUT2D eigenvalue weighted by atomic mass is 19.4. The van der Waals surface area contributed by atoms with Crippen LogP contribution in [0.5, 0.6) is 5.75 Å². The Balaban J connectivity index is 2.61. The number of amides is 1. The summed E-state index contributed by atoms with van der Waals surface area (Å²) >= 11 is 0. The molecule has 0 radical (unpaired) electrons. The number of ether oxygens (including phenoxy) is 1. The van der Waals surface area contributed by atoms with Gasteiger partial charge in [-0.15, -0.1) is 13.2 Å². The van der Waals surface area contributed by atoms with E-state index in [1.54, 1.807) is 11.9 Å². The molecule has 0 saturated carbocycles. The third-order valence-electron chi connectivity index (χ3n) is 2.68. The van der Waals surface area contributed by atoms with E-state index in [1.165, 1.54) is 24.3 Å². The van der Waals surface area contributed by atoms with Crippen LogP contribution in [-0.2, 0) is 11.3 Å². The molecule has 6 heteroatoms. The van der Waals surface area contributed by atoms with Crippen LogP contribution in [0.2, 0.25) is 0 Å². The molecule has 0 unspecified atom stereocenters. The van der Waals surface area contributed by atoms with Crippen LogP contribution in [0.15, 0.2) is 24.3 Å². The third kappa shape index (κ3) is 7.02. The second-order valence-corrected chi connectivity index (χ2v) is 6.18. The second-order valence-electron chi connectivity index (χ2n) is 6.18. The Hall–Kier alpha value is -1.72. The number of hydrogen-bond acceptors (Lipinski definition) is 2. The van der Waals surface area contributed by atoms with Gasteiger partial charge in [0.15, 0.2) is 0 Å². The normalized spacial score (nSPS) is 12.1. The lowest BCUT2D eigenvalue weighted by atomic mass is 9.91. The van der Waals surface area contributed by atoms with Crippen molar-refractivity contribution in [3.8, 4) is 5.75 Å². The van der Waals surface area contributed by atoms with Gasteiger partial charge in [-0.25, -0.2) is 0 Å². The van der Waals surface area contributed by atoms with Gasteiger partial charge in [0, 0.05) is 20.0 Å². The molecule has 1 aromatic rings. The molecule has 0 atom stereocenters. The first-order valence-corrected chi connectivity index (χ1v) is 6.55. The van der Waals surface area contributed by atoms with E-state index in [0.717, 1.165) is 5.56 Å². The summed E-state index contributed by atoms with van der Waals surface area (Å²) in [7, 11) is 1.67. The molecule has 0 fully saturated rings. The highest BCUT2D eigenvalue weighted by Gasteiger charge is 2.31. The van der Waals surface area contributed by atoms with Crippen LogP contribution in [-0.4, -0.2) is 24.2 Å². The second kappa shape index (κ2) is 6.37. The fourth-order valence-electron chi connectivity index (χ4n) is 1.75. The lowest BCUT2D eigenvalue weighted by molar-refractivity contribution is -0.274. The molecule has 0 heterocycles. The van der Waals surface area contributed by atoms with Crippen molar-refractivity contribution >= 4 is 5.91 Å². The molecule has 0 aromatic heterocycles. The Morgan fingerprint density at radius 1 is 1.14 bits per heavy atom. The topological polar surface area (TPSA) is 29.5 Å². The van der Waals surface area contributed by atoms with Gasteiger partial charge in [-0.05, 0) is 23.1 Å². The third-order valence-corrected chi connectivity index (χ3v) is 2.68. The molecule has 21 heavy (non-hydrogen) atoms. The lowest BCUT2D eigenvalue weighted by Gasteiger charge is -2.23. The van der Waals surface area contributed by atoms with E-state index in [4.69, 9.17) is 0 Å². The quantitative estimate of drug-likeness (QED) is 0.842. The van der Waals surface area contributed by atoms with Crippen molar-refractivity contribution in [2.24, 2.45) is 5.41 Å². The van der Waals surface area contributed by atoms with Crippen molar-refractivity contribution in [3.05, 3.63) is 29.8 Å². The maximum absolute atomic E-state index is 12.0. The van der Waals surface area contributed by atoms with Crippen LogP contribution in [0.4, 0.5) is 13.2 Å². The van der Waals surface area contributed by atoms with Crippen LogP contribution < -0.4 is 4.74 Å². The number of hydrogen-bond donors (Lipinski definition) is 0. The minimum absolute atomic E-state index is 0.00174. The number of nitrogens with zero attached hydrogens (tertiary/aromatic N) is 1. The molecule has 118 valence electrons. The van der Waals surface area contributed by atoms with Crippen LogP contribution in [0.3, 0.4) is 0 Å². The van der Waals surface area contributed by atoms with Crippen molar-refractivity contribution in [2.45, 2.75) is 40.1 Å². The van der Waals surface area contributed by atoms with Gasteiger partial charge in [-0.3, -0.25) is 4.79 Å². The van der Waals surface area contributed by atoms with Crippen molar-refractivity contribution in [3.63, 3.8) is 0 Å². The van der Waals surface area contributed by atoms with Crippen molar-refractivity contribution in [1.82, 2.24) is 4.90 Å².